The van der Waals surface area contributed by atoms with E-state index in [-0.39, 0.29) is 17.4 Å². The van der Waals surface area contributed by atoms with Crippen LogP contribution in [-0.2, 0) is 4.79 Å². The molecule has 2 aliphatic heterocycles. The maximum atomic E-state index is 12.3. The minimum Gasteiger partial charge on any atom is -0.368 e. The molecule has 1 saturated heterocycles. The largest absolute Gasteiger partial charge is 0.368 e. The number of hydrogen-bond acceptors (Lipinski definition) is 5. The van der Waals surface area contributed by atoms with E-state index < -0.39 is 0 Å². The fraction of sp³-hybridized carbons (Fsp3) is 0.533. The average Bonchev–Trinajstić information content (AvgIpc) is 2.54. The Hall–Kier alpha value is -2.11. The highest BCUT2D eigenvalue weighted by molar-refractivity contribution is 5.95. The monoisotopic (exact) mass is 287 g/mol. The fourth-order valence-electron chi connectivity index (χ4n) is 3.50. The second-order valence-electron chi connectivity index (χ2n) is 5.83. The number of aliphatic imine (C=N–C) groups is 2. The van der Waals surface area contributed by atoms with Gasteiger partial charge < -0.3 is 16.0 Å². The SMILES string of the molecule is C=C1N=C(N)N=CC/C=C2/C(=O)NCC3(CCCCC3)N12. The van der Waals surface area contributed by atoms with Crippen LogP contribution in [0.15, 0.2) is 34.2 Å². The first-order chi connectivity index (χ1) is 10.1. The fourth-order valence-corrected chi connectivity index (χ4v) is 3.50. The smallest absolute Gasteiger partial charge is 0.267 e. The van der Waals surface area contributed by atoms with Gasteiger partial charge in [-0.15, -0.1) is 0 Å². The molecule has 0 radical (unpaired) electrons. The van der Waals surface area contributed by atoms with E-state index >= 15 is 0 Å². The van der Waals surface area contributed by atoms with Crippen molar-refractivity contribution in [2.45, 2.75) is 44.1 Å². The molecule has 21 heavy (non-hydrogen) atoms. The van der Waals surface area contributed by atoms with Crippen LogP contribution in [0.2, 0.25) is 0 Å². The molecule has 3 rings (SSSR count). The maximum Gasteiger partial charge on any atom is 0.267 e. The quantitative estimate of drug-likeness (QED) is 0.703. The van der Waals surface area contributed by atoms with Gasteiger partial charge in [-0.2, -0.15) is 4.99 Å². The Morgan fingerprint density at radius 2 is 2.10 bits per heavy atom. The van der Waals surface area contributed by atoms with Gasteiger partial charge in [0.15, 0.2) is 0 Å². The lowest BCUT2D eigenvalue weighted by molar-refractivity contribution is -0.123. The number of hydrogen-bond donors (Lipinski definition) is 2. The third kappa shape index (κ3) is 2.46. The normalized spacial score (nSPS) is 27.7. The summed E-state index contributed by atoms with van der Waals surface area (Å²) in [5.41, 5.74) is 6.28. The van der Waals surface area contributed by atoms with Gasteiger partial charge in [-0.05, 0) is 18.9 Å². The van der Waals surface area contributed by atoms with Crippen molar-refractivity contribution in [1.29, 1.82) is 0 Å². The van der Waals surface area contributed by atoms with E-state index in [1.54, 1.807) is 6.21 Å². The van der Waals surface area contributed by atoms with E-state index in [2.05, 4.69) is 21.9 Å². The minimum atomic E-state index is -0.122. The summed E-state index contributed by atoms with van der Waals surface area (Å²) in [7, 11) is 0. The minimum absolute atomic E-state index is 0.0728. The topological polar surface area (TPSA) is 83.1 Å². The van der Waals surface area contributed by atoms with Crippen molar-refractivity contribution in [3.05, 3.63) is 24.2 Å². The summed E-state index contributed by atoms with van der Waals surface area (Å²) in [6, 6.07) is 0. The maximum absolute atomic E-state index is 12.3. The molecule has 1 spiro atoms. The number of piperazine rings is 1. The third-order valence-electron chi connectivity index (χ3n) is 4.45. The summed E-state index contributed by atoms with van der Waals surface area (Å²) in [5.74, 6) is 0.623. The van der Waals surface area contributed by atoms with Crippen LogP contribution in [0, 0.1) is 0 Å². The van der Waals surface area contributed by atoms with Crippen molar-refractivity contribution >= 4 is 18.1 Å². The van der Waals surface area contributed by atoms with E-state index in [0.717, 1.165) is 25.7 Å². The first-order valence-electron chi connectivity index (χ1n) is 7.47. The highest BCUT2D eigenvalue weighted by atomic mass is 16.2. The predicted octanol–water partition coefficient (Wildman–Crippen LogP) is 1.27. The van der Waals surface area contributed by atoms with Crippen molar-refractivity contribution in [1.82, 2.24) is 10.2 Å². The second-order valence-corrected chi connectivity index (χ2v) is 5.83. The highest BCUT2D eigenvalue weighted by Gasteiger charge is 2.45. The standard InChI is InChI=1S/C15H21N5O/c1-11-19-14(16)17-9-5-6-12-13(21)18-10-15(20(11)12)7-3-2-4-8-15/h6,9H,1-5,7-8,10H2,(H2,16,19)(H,18,21)/b12-6-,17-9?. The van der Waals surface area contributed by atoms with Gasteiger partial charge in [0.1, 0.15) is 11.5 Å². The molecule has 1 aliphatic carbocycles. The Morgan fingerprint density at radius 1 is 1.33 bits per heavy atom. The molecule has 0 aromatic rings. The zero-order valence-electron chi connectivity index (χ0n) is 12.1. The van der Waals surface area contributed by atoms with Crippen molar-refractivity contribution in [2.24, 2.45) is 15.7 Å². The molecule has 0 aromatic carbocycles. The summed E-state index contributed by atoms with van der Waals surface area (Å²) in [6.45, 7) is 4.68. The molecule has 1 saturated carbocycles. The molecule has 2 fully saturated rings. The molecule has 112 valence electrons. The van der Waals surface area contributed by atoms with Crippen molar-refractivity contribution in [3.8, 4) is 0 Å². The molecular weight excluding hydrogens is 266 g/mol. The lowest BCUT2D eigenvalue weighted by Gasteiger charge is -2.50. The molecule has 0 aromatic heterocycles. The Bertz CT molecular complexity index is 554. The number of nitrogens with two attached hydrogens (primary N) is 1. The zero-order chi connectivity index (χ0) is 14.9. The van der Waals surface area contributed by atoms with Crippen LogP contribution in [0.3, 0.4) is 0 Å². The first kappa shape index (κ1) is 13.9. The molecule has 0 atom stereocenters. The number of amides is 1. The van der Waals surface area contributed by atoms with Crippen LogP contribution >= 0.6 is 0 Å². The zero-order valence-corrected chi connectivity index (χ0v) is 12.1. The number of carbonyl (C=O) groups is 1. The number of fused-ring (bicyclic) bond motifs is 2. The summed E-state index contributed by atoms with van der Waals surface area (Å²) in [6.07, 6.45) is 9.71. The Labute approximate surface area is 124 Å². The van der Waals surface area contributed by atoms with Gasteiger partial charge in [0.05, 0.1) is 5.54 Å². The van der Waals surface area contributed by atoms with Gasteiger partial charge in [0, 0.05) is 19.2 Å². The number of carbonyl (C=O) groups excluding carboxylic acids is 1. The van der Waals surface area contributed by atoms with Crippen LogP contribution in [0.5, 0.6) is 0 Å². The average molecular weight is 287 g/mol. The number of nitrogens with zero attached hydrogens (tertiary/aromatic N) is 3. The number of allylic oxidation sites excluding steroid dienone is 1. The third-order valence-corrected chi connectivity index (χ3v) is 4.45. The van der Waals surface area contributed by atoms with E-state index in [4.69, 9.17) is 5.73 Å². The summed E-state index contributed by atoms with van der Waals surface area (Å²) >= 11 is 0. The Morgan fingerprint density at radius 3 is 2.86 bits per heavy atom. The molecule has 2 heterocycles. The van der Waals surface area contributed by atoms with E-state index in [1.165, 1.54) is 6.42 Å². The molecule has 1 amide bonds. The summed E-state index contributed by atoms with van der Waals surface area (Å²) in [4.78, 5) is 22.6. The molecule has 6 nitrogen and oxygen atoms in total. The number of rotatable bonds is 0. The molecule has 3 N–H and O–H groups in total. The highest BCUT2D eigenvalue weighted by Crippen LogP contribution is 2.40. The van der Waals surface area contributed by atoms with Gasteiger partial charge in [0.2, 0.25) is 5.96 Å². The van der Waals surface area contributed by atoms with Crippen LogP contribution in [-0.4, -0.2) is 35.1 Å². The molecule has 3 aliphatic rings. The van der Waals surface area contributed by atoms with Gasteiger partial charge in [-0.3, -0.25) is 4.79 Å². The van der Waals surface area contributed by atoms with Crippen molar-refractivity contribution in [2.75, 3.05) is 6.54 Å². The molecule has 0 bridgehead atoms. The van der Waals surface area contributed by atoms with Gasteiger partial charge in [-0.1, -0.05) is 25.8 Å². The lowest BCUT2D eigenvalue weighted by atomic mass is 9.78. The Kier molecular flexibility index (Phi) is 3.53. The van der Waals surface area contributed by atoms with Crippen molar-refractivity contribution in [3.63, 3.8) is 0 Å². The number of guanidine groups is 1. The van der Waals surface area contributed by atoms with Crippen molar-refractivity contribution < 1.29 is 4.79 Å². The predicted molar refractivity (Wildman–Crippen MR) is 82.6 cm³/mol. The summed E-state index contributed by atoms with van der Waals surface area (Å²) < 4.78 is 0. The van der Waals surface area contributed by atoms with E-state index in [1.807, 2.05) is 11.0 Å². The van der Waals surface area contributed by atoms with E-state index in [9.17, 15) is 4.79 Å². The first-order valence-corrected chi connectivity index (χ1v) is 7.47. The molecular formula is C15H21N5O. The number of nitrogens with one attached hydrogen (secondary N) is 1. The van der Waals surface area contributed by atoms with Gasteiger partial charge >= 0.3 is 0 Å². The van der Waals surface area contributed by atoms with Crippen LogP contribution in [0.1, 0.15) is 38.5 Å². The van der Waals surface area contributed by atoms with Gasteiger partial charge in [0.25, 0.3) is 5.91 Å². The molecule has 6 heteroatoms. The summed E-state index contributed by atoms with van der Waals surface area (Å²) in [5, 5.41) is 3.03. The van der Waals surface area contributed by atoms with Gasteiger partial charge in [-0.25, -0.2) is 4.99 Å². The molecule has 0 unspecified atom stereocenters. The Balaban J connectivity index is 2.06. The lowest BCUT2D eigenvalue weighted by Crippen LogP contribution is -2.61. The van der Waals surface area contributed by atoms with Crippen LogP contribution < -0.4 is 11.1 Å². The second kappa shape index (κ2) is 5.35. The van der Waals surface area contributed by atoms with Crippen LogP contribution in [0.25, 0.3) is 0 Å². The van der Waals surface area contributed by atoms with E-state index in [0.29, 0.717) is 24.5 Å². The van der Waals surface area contributed by atoms with Crippen LogP contribution in [0.4, 0.5) is 0 Å².